The molecule has 0 saturated carbocycles. The molecule has 1 aromatic heterocycles. The van der Waals surface area contributed by atoms with Crippen LogP contribution in [0.3, 0.4) is 0 Å². The summed E-state index contributed by atoms with van der Waals surface area (Å²) in [6, 6.07) is 18.1. The van der Waals surface area contributed by atoms with E-state index in [1.807, 2.05) is 42.5 Å². The summed E-state index contributed by atoms with van der Waals surface area (Å²) in [5, 5.41) is 21.4. The van der Waals surface area contributed by atoms with E-state index >= 15 is 0 Å². The van der Waals surface area contributed by atoms with Gasteiger partial charge in [-0.25, -0.2) is 4.98 Å². The van der Waals surface area contributed by atoms with E-state index in [-0.39, 0.29) is 11.4 Å². The molecular formula is C21H15N3O4. The van der Waals surface area contributed by atoms with Crippen LogP contribution in [0.4, 0.5) is 11.4 Å². The molecule has 0 fully saturated rings. The third kappa shape index (κ3) is 4.95. The number of non-ortho nitro benzene ring substituents is 2. The molecule has 7 heteroatoms. The zero-order valence-electron chi connectivity index (χ0n) is 14.6. The fraction of sp³-hybridized carbons (Fsp3) is 0. The number of hydrogen-bond acceptors (Lipinski definition) is 5. The van der Waals surface area contributed by atoms with Crippen LogP contribution >= 0.6 is 0 Å². The second-order valence-corrected chi connectivity index (χ2v) is 5.85. The summed E-state index contributed by atoms with van der Waals surface area (Å²) in [5.41, 5.74) is 3.24. The lowest BCUT2D eigenvalue weighted by atomic mass is 10.1. The summed E-state index contributed by atoms with van der Waals surface area (Å²) in [4.78, 5) is 25.0. The lowest BCUT2D eigenvalue weighted by Crippen LogP contribution is -1.87. The number of nitro groups is 2. The fourth-order valence-electron chi connectivity index (χ4n) is 2.43. The van der Waals surface area contributed by atoms with Crippen LogP contribution in [0.1, 0.15) is 22.5 Å². The maximum Gasteiger partial charge on any atom is 0.269 e. The van der Waals surface area contributed by atoms with Crippen LogP contribution in [-0.4, -0.2) is 14.8 Å². The van der Waals surface area contributed by atoms with Crippen molar-refractivity contribution in [1.82, 2.24) is 4.98 Å². The van der Waals surface area contributed by atoms with Gasteiger partial charge in [0, 0.05) is 24.3 Å². The van der Waals surface area contributed by atoms with Gasteiger partial charge in [0.15, 0.2) is 0 Å². The topological polar surface area (TPSA) is 99.2 Å². The second kappa shape index (κ2) is 8.50. The summed E-state index contributed by atoms with van der Waals surface area (Å²) in [6.45, 7) is 0. The average molecular weight is 373 g/mol. The smallest absolute Gasteiger partial charge is 0.258 e. The number of nitrogens with zero attached hydrogens (tertiary/aromatic N) is 3. The lowest BCUT2D eigenvalue weighted by molar-refractivity contribution is -0.385. The summed E-state index contributed by atoms with van der Waals surface area (Å²) in [6.07, 6.45) is 7.31. The van der Waals surface area contributed by atoms with Crippen LogP contribution in [0, 0.1) is 20.2 Å². The molecule has 0 atom stereocenters. The monoisotopic (exact) mass is 373 g/mol. The van der Waals surface area contributed by atoms with Gasteiger partial charge in [0.2, 0.25) is 0 Å². The zero-order chi connectivity index (χ0) is 19.9. The predicted octanol–water partition coefficient (Wildman–Crippen LogP) is 5.24. The molecule has 138 valence electrons. The molecule has 0 aliphatic heterocycles. The molecular weight excluding hydrogens is 358 g/mol. The summed E-state index contributed by atoms with van der Waals surface area (Å²) < 4.78 is 0. The van der Waals surface area contributed by atoms with E-state index in [9.17, 15) is 20.2 Å². The Hall–Kier alpha value is -4.13. The Bertz CT molecular complexity index is 973. The molecule has 0 bridgehead atoms. The maximum absolute atomic E-state index is 10.7. The van der Waals surface area contributed by atoms with Crippen molar-refractivity contribution in [3.05, 3.63) is 109 Å². The highest BCUT2D eigenvalue weighted by molar-refractivity contribution is 5.71. The molecule has 0 aliphatic rings. The minimum Gasteiger partial charge on any atom is -0.258 e. The standard InChI is InChI=1S/C21H15N3O4/c25-23(26)20-12-6-16(7-13-20)4-10-18-2-1-3-19(22-18)11-5-17-8-14-21(15-9-17)24(27)28/h1-15H. The highest BCUT2D eigenvalue weighted by Crippen LogP contribution is 2.16. The molecule has 0 saturated heterocycles. The van der Waals surface area contributed by atoms with Gasteiger partial charge in [-0.05, 0) is 59.7 Å². The molecule has 0 spiro atoms. The molecule has 7 nitrogen and oxygen atoms in total. The molecule has 28 heavy (non-hydrogen) atoms. The van der Waals surface area contributed by atoms with E-state index in [4.69, 9.17) is 0 Å². The first-order valence-corrected chi connectivity index (χ1v) is 8.33. The Morgan fingerprint density at radius 2 is 1.00 bits per heavy atom. The summed E-state index contributed by atoms with van der Waals surface area (Å²) in [7, 11) is 0. The molecule has 0 aliphatic carbocycles. The molecule has 3 rings (SSSR count). The average Bonchev–Trinajstić information content (AvgIpc) is 2.71. The SMILES string of the molecule is O=[N+]([O-])c1ccc(C=Cc2cccc(C=Cc3ccc([N+](=O)[O-])cc3)n2)cc1. The second-order valence-electron chi connectivity index (χ2n) is 5.85. The highest BCUT2D eigenvalue weighted by atomic mass is 16.6. The quantitative estimate of drug-likeness (QED) is 0.434. The number of rotatable bonds is 6. The number of aromatic nitrogens is 1. The Morgan fingerprint density at radius 1 is 0.607 bits per heavy atom. The van der Waals surface area contributed by atoms with Crippen molar-refractivity contribution in [3.63, 3.8) is 0 Å². The van der Waals surface area contributed by atoms with Crippen LogP contribution in [0.5, 0.6) is 0 Å². The van der Waals surface area contributed by atoms with Crippen LogP contribution < -0.4 is 0 Å². The third-order valence-corrected chi connectivity index (χ3v) is 3.89. The van der Waals surface area contributed by atoms with Gasteiger partial charge in [0.25, 0.3) is 11.4 Å². The third-order valence-electron chi connectivity index (χ3n) is 3.89. The molecule has 0 N–H and O–H groups in total. The van der Waals surface area contributed by atoms with E-state index in [0.29, 0.717) is 0 Å². The van der Waals surface area contributed by atoms with Crippen molar-refractivity contribution >= 4 is 35.7 Å². The minimum absolute atomic E-state index is 0.0497. The van der Waals surface area contributed by atoms with Crippen LogP contribution in [0.25, 0.3) is 24.3 Å². The van der Waals surface area contributed by atoms with Crippen molar-refractivity contribution in [2.75, 3.05) is 0 Å². The van der Waals surface area contributed by atoms with Crippen molar-refractivity contribution in [2.45, 2.75) is 0 Å². The Kier molecular flexibility index (Phi) is 5.66. The molecule has 0 amide bonds. The number of benzene rings is 2. The molecule has 2 aromatic carbocycles. The van der Waals surface area contributed by atoms with Gasteiger partial charge in [0.1, 0.15) is 0 Å². The van der Waals surface area contributed by atoms with Gasteiger partial charge >= 0.3 is 0 Å². The van der Waals surface area contributed by atoms with Gasteiger partial charge in [-0.1, -0.05) is 18.2 Å². The van der Waals surface area contributed by atoms with Crippen molar-refractivity contribution < 1.29 is 9.85 Å². The summed E-state index contributed by atoms with van der Waals surface area (Å²) in [5.74, 6) is 0. The van der Waals surface area contributed by atoms with E-state index < -0.39 is 9.85 Å². The minimum atomic E-state index is -0.435. The molecule has 1 heterocycles. The van der Waals surface area contributed by atoms with Crippen LogP contribution in [0.2, 0.25) is 0 Å². The van der Waals surface area contributed by atoms with Gasteiger partial charge in [-0.2, -0.15) is 0 Å². The number of hydrogen-bond donors (Lipinski definition) is 0. The molecule has 0 unspecified atom stereocenters. The number of nitro benzene ring substituents is 2. The summed E-state index contributed by atoms with van der Waals surface area (Å²) >= 11 is 0. The highest BCUT2D eigenvalue weighted by Gasteiger charge is 2.03. The van der Waals surface area contributed by atoms with Gasteiger partial charge in [0.05, 0.1) is 21.2 Å². The fourth-order valence-corrected chi connectivity index (χ4v) is 2.43. The zero-order valence-corrected chi connectivity index (χ0v) is 14.6. The largest absolute Gasteiger partial charge is 0.269 e. The first-order valence-electron chi connectivity index (χ1n) is 8.33. The molecule has 3 aromatic rings. The lowest BCUT2D eigenvalue weighted by Gasteiger charge is -1.98. The van der Waals surface area contributed by atoms with Crippen molar-refractivity contribution in [1.29, 1.82) is 0 Å². The van der Waals surface area contributed by atoms with E-state index in [1.54, 1.807) is 24.3 Å². The van der Waals surface area contributed by atoms with Crippen LogP contribution in [0.15, 0.2) is 66.7 Å². The maximum atomic E-state index is 10.7. The Balaban J connectivity index is 1.71. The van der Waals surface area contributed by atoms with Crippen molar-refractivity contribution in [3.8, 4) is 0 Å². The van der Waals surface area contributed by atoms with E-state index in [0.717, 1.165) is 22.5 Å². The Morgan fingerprint density at radius 3 is 1.36 bits per heavy atom. The molecule has 0 radical (unpaired) electrons. The van der Waals surface area contributed by atoms with Gasteiger partial charge in [-0.15, -0.1) is 0 Å². The first kappa shape index (κ1) is 18.7. The Labute approximate surface area is 160 Å². The number of pyridine rings is 1. The van der Waals surface area contributed by atoms with Crippen LogP contribution in [-0.2, 0) is 0 Å². The van der Waals surface area contributed by atoms with Gasteiger partial charge in [-0.3, -0.25) is 20.2 Å². The van der Waals surface area contributed by atoms with Gasteiger partial charge < -0.3 is 0 Å². The van der Waals surface area contributed by atoms with E-state index in [2.05, 4.69) is 4.98 Å². The van der Waals surface area contributed by atoms with E-state index in [1.165, 1.54) is 24.3 Å². The predicted molar refractivity (Wildman–Crippen MR) is 108 cm³/mol. The van der Waals surface area contributed by atoms with Crippen molar-refractivity contribution in [2.24, 2.45) is 0 Å². The normalized spacial score (nSPS) is 11.1. The first-order chi connectivity index (χ1) is 13.5.